The number of ether oxygens (including phenoxy) is 1. The van der Waals surface area contributed by atoms with Crippen LogP contribution in [0.5, 0.6) is 0 Å². The summed E-state index contributed by atoms with van der Waals surface area (Å²) in [7, 11) is 0. The normalized spacial score (nSPS) is 40.9. The number of alkyl halides is 1. The summed E-state index contributed by atoms with van der Waals surface area (Å²) in [6.45, 7) is 3.15. The van der Waals surface area contributed by atoms with E-state index in [1.54, 1.807) is 0 Å². The lowest BCUT2D eigenvalue weighted by atomic mass is 10.1. The monoisotopic (exact) mass is 245 g/mol. The van der Waals surface area contributed by atoms with Crippen LogP contribution in [-0.2, 0) is 4.74 Å². The molecule has 3 heteroatoms. The van der Waals surface area contributed by atoms with Gasteiger partial charge in [-0.3, -0.25) is 0 Å². The average Bonchev–Trinajstić information content (AvgIpc) is 2.56. The lowest BCUT2D eigenvalue weighted by Gasteiger charge is -2.23. The van der Waals surface area contributed by atoms with Crippen LogP contribution in [0.25, 0.3) is 0 Å². The fourth-order valence-electron chi connectivity index (χ4n) is 2.81. The van der Waals surface area contributed by atoms with Crippen molar-refractivity contribution in [2.75, 3.05) is 6.54 Å². The van der Waals surface area contributed by atoms with Gasteiger partial charge in [-0.05, 0) is 32.6 Å². The van der Waals surface area contributed by atoms with Gasteiger partial charge in [0.25, 0.3) is 0 Å². The summed E-state index contributed by atoms with van der Waals surface area (Å²) < 4.78 is 5.81. The molecule has 1 aliphatic carbocycles. The number of hydrogen-bond acceptors (Lipinski definition) is 2. The standard InChI is InChI=1S/C13H24ClNO/c1-10-7-8-11(16-10)9-15-13-6-4-2-3-5-12(13)14/h10-13,15H,2-9H2,1H3. The van der Waals surface area contributed by atoms with E-state index in [2.05, 4.69) is 12.2 Å². The highest BCUT2D eigenvalue weighted by molar-refractivity contribution is 6.21. The van der Waals surface area contributed by atoms with Gasteiger partial charge in [0.05, 0.1) is 12.2 Å². The second-order valence-corrected chi connectivity index (χ2v) is 5.88. The topological polar surface area (TPSA) is 21.3 Å². The summed E-state index contributed by atoms with van der Waals surface area (Å²) in [5.74, 6) is 0. The summed E-state index contributed by atoms with van der Waals surface area (Å²) in [5, 5.41) is 3.94. The third kappa shape index (κ3) is 3.61. The van der Waals surface area contributed by atoms with Crippen molar-refractivity contribution in [2.45, 2.75) is 75.5 Å². The molecule has 0 aromatic carbocycles. The van der Waals surface area contributed by atoms with Gasteiger partial charge in [-0.2, -0.15) is 0 Å². The Morgan fingerprint density at radius 2 is 1.94 bits per heavy atom. The van der Waals surface area contributed by atoms with Crippen LogP contribution in [-0.4, -0.2) is 30.2 Å². The molecule has 4 unspecified atom stereocenters. The second-order valence-electron chi connectivity index (χ2n) is 5.31. The van der Waals surface area contributed by atoms with Crippen molar-refractivity contribution in [1.82, 2.24) is 5.32 Å². The summed E-state index contributed by atoms with van der Waals surface area (Å²) in [6.07, 6.45) is 9.65. The van der Waals surface area contributed by atoms with Gasteiger partial charge in [0.1, 0.15) is 0 Å². The predicted molar refractivity (Wildman–Crippen MR) is 68.1 cm³/mol. The van der Waals surface area contributed by atoms with Gasteiger partial charge >= 0.3 is 0 Å². The predicted octanol–water partition coefficient (Wildman–Crippen LogP) is 3.08. The van der Waals surface area contributed by atoms with Gasteiger partial charge < -0.3 is 10.1 Å². The number of halogens is 1. The summed E-state index contributed by atoms with van der Waals surface area (Å²) >= 11 is 6.40. The van der Waals surface area contributed by atoms with Crippen LogP contribution >= 0.6 is 11.6 Å². The molecule has 0 radical (unpaired) electrons. The lowest BCUT2D eigenvalue weighted by molar-refractivity contribution is 0.0541. The van der Waals surface area contributed by atoms with E-state index < -0.39 is 0 Å². The molecule has 1 saturated heterocycles. The molecule has 2 nitrogen and oxygen atoms in total. The van der Waals surface area contributed by atoms with Gasteiger partial charge in [-0.15, -0.1) is 11.6 Å². The van der Waals surface area contributed by atoms with Crippen molar-refractivity contribution in [2.24, 2.45) is 0 Å². The van der Waals surface area contributed by atoms with E-state index in [1.165, 1.54) is 44.9 Å². The summed E-state index contributed by atoms with van der Waals surface area (Å²) in [5.41, 5.74) is 0. The smallest absolute Gasteiger partial charge is 0.0704 e. The molecule has 16 heavy (non-hydrogen) atoms. The molecule has 1 saturated carbocycles. The first-order valence-electron chi connectivity index (χ1n) is 6.78. The quantitative estimate of drug-likeness (QED) is 0.610. The van der Waals surface area contributed by atoms with Gasteiger partial charge in [0, 0.05) is 18.0 Å². The highest BCUT2D eigenvalue weighted by atomic mass is 35.5. The molecule has 0 spiro atoms. The molecule has 94 valence electrons. The maximum atomic E-state index is 6.40. The Morgan fingerprint density at radius 1 is 1.12 bits per heavy atom. The first-order valence-corrected chi connectivity index (χ1v) is 7.22. The second kappa shape index (κ2) is 6.23. The summed E-state index contributed by atoms with van der Waals surface area (Å²) in [4.78, 5) is 0. The Kier molecular flexibility index (Phi) is 4.93. The molecule has 1 aliphatic heterocycles. The van der Waals surface area contributed by atoms with Crippen molar-refractivity contribution in [3.63, 3.8) is 0 Å². The fraction of sp³-hybridized carbons (Fsp3) is 1.00. The maximum Gasteiger partial charge on any atom is 0.0704 e. The van der Waals surface area contributed by atoms with Gasteiger partial charge in [-0.1, -0.05) is 19.3 Å². The maximum absolute atomic E-state index is 6.40. The highest BCUT2D eigenvalue weighted by Crippen LogP contribution is 2.23. The van der Waals surface area contributed by atoms with E-state index in [9.17, 15) is 0 Å². The lowest BCUT2D eigenvalue weighted by Crippen LogP contribution is -2.40. The highest BCUT2D eigenvalue weighted by Gasteiger charge is 2.25. The third-order valence-electron chi connectivity index (χ3n) is 3.86. The molecular weight excluding hydrogens is 222 g/mol. The molecule has 1 heterocycles. The zero-order chi connectivity index (χ0) is 11.4. The minimum Gasteiger partial charge on any atom is -0.374 e. The Bertz CT molecular complexity index is 212. The van der Waals surface area contributed by atoms with E-state index in [4.69, 9.17) is 16.3 Å². The van der Waals surface area contributed by atoms with Gasteiger partial charge in [0.15, 0.2) is 0 Å². The van der Waals surface area contributed by atoms with Crippen LogP contribution in [0, 0.1) is 0 Å². The van der Waals surface area contributed by atoms with Crippen molar-refractivity contribution in [3.8, 4) is 0 Å². The number of hydrogen-bond donors (Lipinski definition) is 1. The molecular formula is C13H24ClNO. The van der Waals surface area contributed by atoms with Gasteiger partial charge in [-0.25, -0.2) is 0 Å². The molecule has 1 N–H and O–H groups in total. The Hall–Kier alpha value is 0.210. The molecule has 2 rings (SSSR count). The van der Waals surface area contributed by atoms with Crippen LogP contribution < -0.4 is 5.32 Å². The molecule has 2 fully saturated rings. The van der Waals surface area contributed by atoms with E-state index in [0.29, 0.717) is 23.6 Å². The first kappa shape index (κ1) is 12.7. The van der Waals surface area contributed by atoms with Crippen LogP contribution in [0.4, 0.5) is 0 Å². The first-order chi connectivity index (χ1) is 7.75. The van der Waals surface area contributed by atoms with E-state index >= 15 is 0 Å². The van der Waals surface area contributed by atoms with Crippen LogP contribution in [0.3, 0.4) is 0 Å². The number of rotatable bonds is 3. The molecule has 0 aromatic heterocycles. The number of nitrogens with one attached hydrogen (secondary N) is 1. The largest absolute Gasteiger partial charge is 0.374 e. The van der Waals surface area contributed by atoms with E-state index in [0.717, 1.165) is 6.54 Å². The Morgan fingerprint density at radius 3 is 2.69 bits per heavy atom. The molecule has 4 atom stereocenters. The van der Waals surface area contributed by atoms with Crippen LogP contribution in [0.1, 0.15) is 51.9 Å². The molecule has 2 aliphatic rings. The van der Waals surface area contributed by atoms with Crippen LogP contribution in [0.2, 0.25) is 0 Å². The zero-order valence-corrected chi connectivity index (χ0v) is 11.0. The Labute approximate surface area is 104 Å². The van der Waals surface area contributed by atoms with E-state index in [-0.39, 0.29) is 0 Å². The minimum atomic E-state index is 0.321. The van der Waals surface area contributed by atoms with Crippen molar-refractivity contribution >= 4 is 11.6 Å². The van der Waals surface area contributed by atoms with Crippen molar-refractivity contribution in [1.29, 1.82) is 0 Å². The molecule has 0 aromatic rings. The zero-order valence-electron chi connectivity index (χ0n) is 10.3. The third-order valence-corrected chi connectivity index (χ3v) is 4.38. The SMILES string of the molecule is CC1CCC(CNC2CCCCCC2Cl)O1. The fourth-order valence-corrected chi connectivity index (χ4v) is 3.18. The van der Waals surface area contributed by atoms with Crippen molar-refractivity contribution in [3.05, 3.63) is 0 Å². The van der Waals surface area contributed by atoms with Crippen molar-refractivity contribution < 1.29 is 4.74 Å². The molecule has 0 bridgehead atoms. The van der Waals surface area contributed by atoms with Gasteiger partial charge in [0.2, 0.25) is 0 Å². The molecule has 0 amide bonds. The minimum absolute atomic E-state index is 0.321. The van der Waals surface area contributed by atoms with Crippen LogP contribution in [0.15, 0.2) is 0 Å². The van der Waals surface area contributed by atoms with E-state index in [1.807, 2.05) is 0 Å². The Balaban J connectivity index is 1.71. The summed E-state index contributed by atoms with van der Waals surface area (Å²) in [6, 6.07) is 0.503. The average molecular weight is 246 g/mol.